The van der Waals surface area contributed by atoms with Crippen molar-refractivity contribution in [2.75, 3.05) is 6.61 Å². The number of hydrogen-bond acceptors (Lipinski definition) is 1. The third-order valence-corrected chi connectivity index (χ3v) is 4.07. The van der Waals surface area contributed by atoms with Gasteiger partial charge in [0, 0.05) is 0 Å². The van der Waals surface area contributed by atoms with Gasteiger partial charge in [-0.2, -0.15) is 0 Å². The van der Waals surface area contributed by atoms with E-state index in [4.69, 9.17) is 4.74 Å². The molecule has 1 fully saturated rings. The van der Waals surface area contributed by atoms with Gasteiger partial charge in [0.25, 0.3) is 0 Å². The lowest BCUT2D eigenvalue weighted by atomic mass is 9.77. The van der Waals surface area contributed by atoms with Crippen molar-refractivity contribution in [3.63, 3.8) is 0 Å². The van der Waals surface area contributed by atoms with E-state index in [0.29, 0.717) is 24.8 Å². The van der Waals surface area contributed by atoms with Crippen LogP contribution in [0, 0.1) is 5.92 Å². The van der Waals surface area contributed by atoms with Crippen LogP contribution < -0.4 is 4.74 Å². The fourth-order valence-corrected chi connectivity index (χ4v) is 2.98. The molecule has 0 N–H and O–H groups in total. The number of rotatable bonds is 5. The average molecular weight is 262 g/mol. The zero-order valence-corrected chi connectivity index (χ0v) is 11.6. The van der Waals surface area contributed by atoms with Crippen LogP contribution in [0.25, 0.3) is 0 Å². The number of hydrogen-bond donors (Lipinski definition) is 0. The van der Waals surface area contributed by atoms with Crippen molar-refractivity contribution in [3.05, 3.63) is 42.2 Å². The first kappa shape index (κ1) is 14.1. The molecular formula is C17H23FO. The van der Waals surface area contributed by atoms with Crippen LogP contribution in [0.4, 0.5) is 4.39 Å². The molecule has 0 radical (unpaired) electrons. The van der Waals surface area contributed by atoms with Crippen molar-refractivity contribution in [1.82, 2.24) is 0 Å². The second kappa shape index (κ2) is 7.32. The average Bonchev–Trinajstić information content (AvgIpc) is 2.47. The molecule has 0 aromatic heterocycles. The summed E-state index contributed by atoms with van der Waals surface area (Å²) < 4.78 is 17.5. The largest absolute Gasteiger partial charge is 0.494 e. The topological polar surface area (TPSA) is 9.23 Å². The van der Waals surface area contributed by atoms with Crippen molar-refractivity contribution in [3.8, 4) is 5.75 Å². The molecule has 0 spiro atoms. The molecule has 1 aliphatic rings. The molecular weight excluding hydrogens is 239 g/mol. The highest BCUT2D eigenvalue weighted by molar-refractivity contribution is 5.29. The van der Waals surface area contributed by atoms with E-state index in [0.717, 1.165) is 12.2 Å². The van der Waals surface area contributed by atoms with Gasteiger partial charge in [0.2, 0.25) is 0 Å². The van der Waals surface area contributed by atoms with Crippen molar-refractivity contribution >= 4 is 0 Å². The minimum Gasteiger partial charge on any atom is -0.494 e. The predicted molar refractivity (Wildman–Crippen MR) is 77.2 cm³/mol. The molecule has 1 nitrogen and oxygen atoms in total. The Hall–Kier alpha value is -1.31. The molecule has 0 aliphatic heterocycles. The molecule has 0 atom stereocenters. The Bertz CT molecular complexity index is 388. The molecule has 0 saturated heterocycles. The highest BCUT2D eigenvalue weighted by Gasteiger charge is 2.21. The first-order chi connectivity index (χ1) is 9.33. The lowest BCUT2D eigenvalue weighted by Crippen LogP contribution is -2.12. The maximum absolute atomic E-state index is 12.0. The third-order valence-electron chi connectivity index (χ3n) is 4.07. The molecule has 0 bridgehead atoms. The highest BCUT2D eigenvalue weighted by atomic mass is 19.1. The Morgan fingerprint density at radius 1 is 1.16 bits per heavy atom. The zero-order valence-electron chi connectivity index (χ0n) is 11.6. The van der Waals surface area contributed by atoms with E-state index >= 15 is 0 Å². The summed E-state index contributed by atoms with van der Waals surface area (Å²) in [6.45, 7) is 2.72. The van der Waals surface area contributed by atoms with Crippen LogP contribution in [0.3, 0.4) is 0 Å². The highest BCUT2D eigenvalue weighted by Crippen LogP contribution is 2.37. The summed E-state index contributed by atoms with van der Waals surface area (Å²) in [5.74, 6) is 2.29. The molecule has 2 rings (SSSR count). The lowest BCUT2D eigenvalue weighted by molar-refractivity contribution is 0.326. The van der Waals surface area contributed by atoms with Gasteiger partial charge in [-0.25, -0.2) is 4.39 Å². The number of halogens is 1. The second-order valence-corrected chi connectivity index (χ2v) is 5.32. The van der Waals surface area contributed by atoms with Gasteiger partial charge in [0.05, 0.1) is 12.9 Å². The standard InChI is InChI=1S/C17H23FO/c1-2-19-17-11-9-16(10-12-17)15-7-5-14(6-8-15)4-3-13-18/h3,9-15H,2,4-8H2,1H3. The van der Waals surface area contributed by atoms with E-state index in [2.05, 4.69) is 24.3 Å². The number of benzene rings is 1. The van der Waals surface area contributed by atoms with Crippen LogP contribution in [-0.4, -0.2) is 6.61 Å². The molecule has 104 valence electrons. The van der Waals surface area contributed by atoms with Gasteiger partial charge < -0.3 is 4.74 Å². The normalized spacial score (nSPS) is 23.7. The summed E-state index contributed by atoms with van der Waals surface area (Å²) in [5, 5.41) is 0. The molecule has 0 unspecified atom stereocenters. The minimum atomic E-state index is 0.668. The van der Waals surface area contributed by atoms with Crippen molar-refractivity contribution in [2.45, 2.75) is 44.9 Å². The molecule has 1 aromatic carbocycles. The molecule has 0 amide bonds. The van der Waals surface area contributed by atoms with Gasteiger partial charge in [-0.15, -0.1) is 0 Å². The van der Waals surface area contributed by atoms with Crippen LogP contribution in [-0.2, 0) is 0 Å². The Labute approximate surface area is 115 Å². The Morgan fingerprint density at radius 2 is 1.84 bits per heavy atom. The van der Waals surface area contributed by atoms with E-state index in [1.807, 2.05) is 6.92 Å². The summed E-state index contributed by atoms with van der Waals surface area (Å²) in [7, 11) is 0. The minimum absolute atomic E-state index is 0.668. The Balaban J connectivity index is 1.86. The Morgan fingerprint density at radius 3 is 2.42 bits per heavy atom. The predicted octanol–water partition coefficient (Wildman–Crippen LogP) is 5.23. The van der Waals surface area contributed by atoms with Crippen molar-refractivity contribution in [2.24, 2.45) is 5.92 Å². The smallest absolute Gasteiger partial charge is 0.119 e. The Kier molecular flexibility index (Phi) is 5.44. The van der Waals surface area contributed by atoms with Gasteiger partial charge >= 0.3 is 0 Å². The van der Waals surface area contributed by atoms with E-state index in [1.54, 1.807) is 6.08 Å². The maximum Gasteiger partial charge on any atom is 0.119 e. The summed E-state index contributed by atoms with van der Waals surface area (Å²) in [4.78, 5) is 0. The van der Waals surface area contributed by atoms with Crippen LogP contribution >= 0.6 is 0 Å². The molecule has 0 heterocycles. The van der Waals surface area contributed by atoms with Crippen LogP contribution in [0.5, 0.6) is 5.75 Å². The lowest BCUT2D eigenvalue weighted by Gasteiger charge is -2.28. The second-order valence-electron chi connectivity index (χ2n) is 5.32. The van der Waals surface area contributed by atoms with Crippen LogP contribution in [0.2, 0.25) is 0 Å². The van der Waals surface area contributed by atoms with Crippen LogP contribution in [0.15, 0.2) is 36.7 Å². The first-order valence-electron chi connectivity index (χ1n) is 7.31. The van der Waals surface area contributed by atoms with Crippen molar-refractivity contribution < 1.29 is 9.13 Å². The van der Waals surface area contributed by atoms with Crippen molar-refractivity contribution in [1.29, 1.82) is 0 Å². The van der Waals surface area contributed by atoms with Gasteiger partial charge in [0.1, 0.15) is 5.75 Å². The first-order valence-corrected chi connectivity index (χ1v) is 7.31. The summed E-state index contributed by atoms with van der Waals surface area (Å²) in [6.07, 6.45) is 8.09. The SMILES string of the molecule is CCOc1ccc(C2CCC(CC=CF)CC2)cc1. The maximum atomic E-state index is 12.0. The zero-order chi connectivity index (χ0) is 13.5. The van der Waals surface area contributed by atoms with Gasteiger partial charge in [-0.1, -0.05) is 18.2 Å². The summed E-state index contributed by atoms with van der Waals surface area (Å²) >= 11 is 0. The molecule has 1 aliphatic carbocycles. The molecule has 2 heteroatoms. The van der Waals surface area contributed by atoms with E-state index in [-0.39, 0.29) is 0 Å². The third kappa shape index (κ3) is 4.09. The quantitative estimate of drug-likeness (QED) is 0.705. The van der Waals surface area contributed by atoms with E-state index < -0.39 is 0 Å². The molecule has 19 heavy (non-hydrogen) atoms. The van der Waals surface area contributed by atoms with E-state index in [9.17, 15) is 4.39 Å². The molecule has 1 aromatic rings. The monoisotopic (exact) mass is 262 g/mol. The summed E-state index contributed by atoms with van der Waals surface area (Å²) in [6, 6.07) is 8.52. The van der Waals surface area contributed by atoms with E-state index in [1.165, 1.54) is 31.2 Å². The fraction of sp³-hybridized carbons (Fsp3) is 0.529. The number of allylic oxidation sites excluding steroid dienone is 1. The number of ether oxygens (including phenoxy) is 1. The van der Waals surface area contributed by atoms with Gasteiger partial charge in [-0.3, -0.25) is 0 Å². The van der Waals surface area contributed by atoms with Gasteiger partial charge in [0.15, 0.2) is 0 Å². The fourth-order valence-electron chi connectivity index (χ4n) is 2.98. The van der Waals surface area contributed by atoms with Gasteiger partial charge in [-0.05, 0) is 68.6 Å². The summed E-state index contributed by atoms with van der Waals surface area (Å²) in [5.41, 5.74) is 1.42. The van der Waals surface area contributed by atoms with Crippen LogP contribution in [0.1, 0.15) is 50.5 Å². The molecule has 1 saturated carbocycles.